The third-order valence-corrected chi connectivity index (χ3v) is 1.09. The Kier molecular flexibility index (Phi) is 17.1. The van der Waals surface area contributed by atoms with Gasteiger partial charge in [-0.2, -0.15) is 0 Å². The van der Waals surface area contributed by atoms with E-state index in [0.29, 0.717) is 0 Å². The van der Waals surface area contributed by atoms with E-state index in [-0.39, 0.29) is 50.2 Å². The summed E-state index contributed by atoms with van der Waals surface area (Å²) in [5.74, 6) is -0.120. The maximum atomic E-state index is 7.15. The molecular weight excluding hydrogens is 292 g/mol. The van der Waals surface area contributed by atoms with E-state index in [1.54, 1.807) is 0 Å². The van der Waals surface area contributed by atoms with Gasteiger partial charge in [0.05, 0.1) is 0 Å². The van der Waals surface area contributed by atoms with Gasteiger partial charge >= 0.3 is 25.8 Å². The van der Waals surface area contributed by atoms with Crippen molar-refractivity contribution in [2.24, 2.45) is 5.73 Å². The van der Waals surface area contributed by atoms with Crippen LogP contribution in [-0.2, 0) is 0 Å². The Hall–Kier alpha value is -0.0999. The van der Waals surface area contributed by atoms with Crippen molar-refractivity contribution in [1.29, 1.82) is 10.8 Å². The molecule has 13 heavy (non-hydrogen) atoms. The number of nitrogens with two attached hydrogens (primary N) is 1. The summed E-state index contributed by atoms with van der Waals surface area (Å²) in [4.78, 5) is 0. The first kappa shape index (κ1) is 18.6. The zero-order chi connectivity index (χ0) is 8.69. The zero-order valence-electron chi connectivity index (χ0n) is 7.11. The fraction of sp³-hybridized carbons (Fsp3) is 0.667. The van der Waals surface area contributed by atoms with Crippen LogP contribution in [0.1, 0.15) is 19.8 Å². The van der Waals surface area contributed by atoms with Gasteiger partial charge in [-0.25, -0.2) is 0 Å². The van der Waals surface area contributed by atoms with Crippen molar-refractivity contribution in [3.8, 4) is 0 Å². The quantitative estimate of drug-likeness (QED) is 0.264. The number of unbranched alkanes of at least 4 members (excludes halogenated alkanes) is 1. The van der Waals surface area contributed by atoms with Gasteiger partial charge in [0.2, 0.25) is 0 Å². The summed E-state index contributed by atoms with van der Waals surface area (Å²) in [6.07, 6.45) is 2.10. The van der Waals surface area contributed by atoms with Crippen LogP contribution in [0, 0.1) is 10.8 Å². The van der Waals surface area contributed by atoms with Crippen LogP contribution in [0.25, 0.3) is 0 Å². The van der Waals surface area contributed by atoms with Gasteiger partial charge in [0.25, 0.3) is 0 Å². The fourth-order valence-electron chi connectivity index (χ4n) is 0.569. The van der Waals surface area contributed by atoms with E-state index in [0.717, 1.165) is 19.4 Å². The molecule has 0 heterocycles. The fourth-order valence-corrected chi connectivity index (χ4v) is 0.569. The second-order valence-electron chi connectivity index (χ2n) is 2.19. The zero-order valence-corrected chi connectivity index (χ0v) is 7.92. The standard InChI is InChI=1S/C6H15N5.ClH.In.3H/c1-2-3-4-10-6(9)11-5(7)8;;;;;/h2-4H2,1H3,(H6,7,8,9,10,11);1H;;;;. The number of hydrogen-bond acceptors (Lipinski definition) is 2. The molecule has 0 radical (unpaired) electrons. The Balaban J connectivity index is -0.000000500. The number of nitrogens with one attached hydrogen (secondary N) is 4. The first-order valence-electron chi connectivity index (χ1n) is 3.60. The molecule has 0 unspecified atom stereocenters. The van der Waals surface area contributed by atoms with Crippen LogP contribution in [0.5, 0.6) is 0 Å². The SMILES string of the molecule is CCCCNC(=N)NC(=N)N.Cl.[InH3]. The number of rotatable bonds is 3. The molecule has 0 aliphatic heterocycles. The maximum absolute atomic E-state index is 7.15. The Morgan fingerprint density at radius 1 is 1.38 bits per heavy atom. The second-order valence-corrected chi connectivity index (χ2v) is 2.19. The first-order valence-corrected chi connectivity index (χ1v) is 3.60. The molecule has 6 N–H and O–H groups in total. The molecule has 0 bridgehead atoms. The topological polar surface area (TPSA) is 97.8 Å². The molecule has 78 valence electrons. The van der Waals surface area contributed by atoms with E-state index in [4.69, 9.17) is 16.6 Å². The molecule has 0 amide bonds. The molecule has 5 nitrogen and oxygen atoms in total. The molecule has 0 aromatic carbocycles. The van der Waals surface area contributed by atoms with Crippen molar-refractivity contribution in [3.05, 3.63) is 0 Å². The Morgan fingerprint density at radius 3 is 2.31 bits per heavy atom. The minimum atomic E-state index is -0.209. The third-order valence-electron chi connectivity index (χ3n) is 1.09. The van der Waals surface area contributed by atoms with Gasteiger partial charge in [-0.05, 0) is 6.42 Å². The van der Waals surface area contributed by atoms with E-state index in [2.05, 4.69) is 17.6 Å². The summed E-state index contributed by atoms with van der Waals surface area (Å²) in [5.41, 5.74) is 4.99. The molecule has 0 aromatic rings. The molecular formula is C6H19ClInN5. The van der Waals surface area contributed by atoms with Crippen LogP contribution in [0.3, 0.4) is 0 Å². The Bertz CT molecular complexity index is 152. The summed E-state index contributed by atoms with van der Waals surface area (Å²) < 4.78 is 0. The van der Waals surface area contributed by atoms with Crippen molar-refractivity contribution in [1.82, 2.24) is 10.6 Å². The van der Waals surface area contributed by atoms with Gasteiger partial charge in [-0.3, -0.25) is 16.1 Å². The predicted octanol–water partition coefficient (Wildman–Crippen LogP) is -0.968. The molecule has 0 rings (SSSR count). The summed E-state index contributed by atoms with van der Waals surface area (Å²) in [6.45, 7) is 2.82. The third kappa shape index (κ3) is 14.7. The molecule has 0 aliphatic carbocycles. The van der Waals surface area contributed by atoms with Gasteiger partial charge < -0.3 is 11.1 Å². The van der Waals surface area contributed by atoms with Gasteiger partial charge in [0.15, 0.2) is 11.9 Å². The summed E-state index contributed by atoms with van der Waals surface area (Å²) in [7, 11) is 0. The summed E-state index contributed by atoms with van der Waals surface area (Å²) in [6, 6.07) is 0. The molecule has 7 heteroatoms. The molecule has 0 fully saturated rings. The van der Waals surface area contributed by atoms with Crippen molar-refractivity contribution in [2.45, 2.75) is 19.8 Å². The number of hydrogen-bond donors (Lipinski definition) is 5. The molecule has 0 atom stereocenters. The van der Waals surface area contributed by atoms with Gasteiger partial charge in [-0.1, -0.05) is 13.3 Å². The predicted molar refractivity (Wildman–Crippen MR) is 62.9 cm³/mol. The van der Waals surface area contributed by atoms with Crippen LogP contribution in [0.15, 0.2) is 0 Å². The molecule has 0 saturated carbocycles. The van der Waals surface area contributed by atoms with Crippen LogP contribution < -0.4 is 16.4 Å². The van der Waals surface area contributed by atoms with Gasteiger partial charge in [0.1, 0.15) is 0 Å². The van der Waals surface area contributed by atoms with E-state index >= 15 is 0 Å². The van der Waals surface area contributed by atoms with Crippen molar-refractivity contribution >= 4 is 50.2 Å². The van der Waals surface area contributed by atoms with Crippen molar-refractivity contribution in [2.75, 3.05) is 6.54 Å². The molecule has 0 aromatic heterocycles. The normalized spacial score (nSPS) is 7.46. The number of halogens is 1. The van der Waals surface area contributed by atoms with Crippen molar-refractivity contribution in [3.63, 3.8) is 0 Å². The summed E-state index contributed by atoms with van der Waals surface area (Å²) >= 11 is 0. The minimum absolute atomic E-state index is 0. The summed E-state index contributed by atoms with van der Waals surface area (Å²) in [5, 5.41) is 19.0. The average molecular weight is 312 g/mol. The first-order chi connectivity index (χ1) is 5.16. The van der Waals surface area contributed by atoms with E-state index in [9.17, 15) is 0 Å². The van der Waals surface area contributed by atoms with Crippen LogP contribution in [0.4, 0.5) is 0 Å². The molecule has 0 spiro atoms. The van der Waals surface area contributed by atoms with Crippen LogP contribution in [0.2, 0.25) is 0 Å². The van der Waals surface area contributed by atoms with E-state index in [1.807, 2.05) is 0 Å². The average Bonchev–Trinajstić information content (AvgIpc) is 1.86. The van der Waals surface area contributed by atoms with Gasteiger partial charge in [0, 0.05) is 6.54 Å². The Labute approximate surface area is 103 Å². The van der Waals surface area contributed by atoms with Gasteiger partial charge in [-0.15, -0.1) is 12.4 Å². The van der Waals surface area contributed by atoms with Crippen LogP contribution in [-0.4, -0.2) is 44.3 Å². The van der Waals surface area contributed by atoms with E-state index < -0.39 is 0 Å². The molecule has 0 saturated heterocycles. The van der Waals surface area contributed by atoms with E-state index in [1.165, 1.54) is 0 Å². The Morgan fingerprint density at radius 2 is 1.92 bits per heavy atom. The second kappa shape index (κ2) is 11.9. The monoisotopic (exact) mass is 311 g/mol. The molecule has 0 aliphatic rings. The van der Waals surface area contributed by atoms with Crippen molar-refractivity contribution < 1.29 is 0 Å². The van der Waals surface area contributed by atoms with Crippen LogP contribution >= 0.6 is 12.4 Å². The number of guanidine groups is 2.